The molecule has 0 bridgehead atoms. The second-order valence-corrected chi connectivity index (χ2v) is 9.62. The molecule has 186 valence electrons. The second-order valence-electron chi connectivity index (χ2n) is 8.67. The minimum Gasteiger partial charge on any atom is -0.376 e. The van der Waals surface area contributed by atoms with Crippen LogP contribution >= 0.6 is 11.8 Å². The van der Waals surface area contributed by atoms with E-state index in [2.05, 4.69) is 20.7 Å². The van der Waals surface area contributed by atoms with E-state index in [4.69, 9.17) is 4.74 Å². The van der Waals surface area contributed by atoms with Crippen LogP contribution in [0.3, 0.4) is 0 Å². The molecule has 3 heterocycles. The molecule has 4 aromatic rings. The molecule has 2 amide bonds. The molecule has 1 fully saturated rings. The van der Waals surface area contributed by atoms with Gasteiger partial charge in [0.15, 0.2) is 5.16 Å². The van der Waals surface area contributed by atoms with E-state index < -0.39 is 0 Å². The molecule has 5 rings (SSSR count). The van der Waals surface area contributed by atoms with Crippen LogP contribution < -0.4 is 16.3 Å². The first-order valence-electron chi connectivity index (χ1n) is 12.0. The van der Waals surface area contributed by atoms with Gasteiger partial charge < -0.3 is 15.0 Å². The third-order valence-corrected chi connectivity index (χ3v) is 7.10. The van der Waals surface area contributed by atoms with Crippen LogP contribution in [0, 0.1) is 0 Å². The van der Waals surface area contributed by atoms with Gasteiger partial charge in [0.05, 0.1) is 22.8 Å². The highest BCUT2D eigenvalue weighted by Crippen LogP contribution is 2.20. The Morgan fingerprint density at radius 1 is 1.11 bits per heavy atom. The van der Waals surface area contributed by atoms with Crippen molar-refractivity contribution in [2.75, 3.05) is 24.3 Å². The Kier molecular flexibility index (Phi) is 7.33. The number of carbonyl (C=O) groups excluding carboxylic acids is 2. The lowest BCUT2D eigenvalue weighted by Crippen LogP contribution is -2.36. The quantitative estimate of drug-likeness (QED) is 0.238. The maximum atomic E-state index is 13.2. The van der Waals surface area contributed by atoms with Gasteiger partial charge >= 0.3 is 0 Å². The van der Waals surface area contributed by atoms with Crippen molar-refractivity contribution in [2.45, 2.75) is 36.9 Å². The number of amides is 2. The summed E-state index contributed by atoms with van der Waals surface area (Å²) in [4.78, 5) is 46.2. The van der Waals surface area contributed by atoms with E-state index in [1.54, 1.807) is 24.3 Å². The summed E-state index contributed by atoms with van der Waals surface area (Å²) in [5.41, 5.74) is 4.87. The number of nitrogens with zero attached hydrogens (tertiary/aromatic N) is 2. The molecule has 3 N–H and O–H groups in total. The lowest BCUT2D eigenvalue weighted by molar-refractivity contribution is -0.119. The summed E-state index contributed by atoms with van der Waals surface area (Å²) in [7, 11) is 0. The molecular formula is C26H27N5O4S. The maximum absolute atomic E-state index is 13.2. The number of ether oxygens (including phenoxy) is 1. The van der Waals surface area contributed by atoms with Crippen LogP contribution in [0.15, 0.2) is 64.7 Å². The topological polar surface area (TPSA) is 118 Å². The second kappa shape index (κ2) is 11.0. The highest BCUT2D eigenvalue weighted by atomic mass is 32.2. The molecule has 0 radical (unpaired) electrons. The molecule has 0 aliphatic carbocycles. The first-order valence-corrected chi connectivity index (χ1v) is 12.9. The summed E-state index contributed by atoms with van der Waals surface area (Å²) >= 11 is 1.11. The summed E-state index contributed by atoms with van der Waals surface area (Å²) in [6.45, 7) is 1.19. The SMILES string of the molecule is O=C(CSc1nc2ccccc2c(=O)n1NC(=O)CCc1c[nH]c2ccccc12)NCC1CCCO1. The van der Waals surface area contributed by atoms with Crippen molar-refractivity contribution in [3.05, 3.63) is 70.6 Å². The van der Waals surface area contributed by atoms with Crippen molar-refractivity contribution in [3.8, 4) is 0 Å². The van der Waals surface area contributed by atoms with Gasteiger partial charge in [-0.2, -0.15) is 4.68 Å². The Hall–Kier alpha value is -3.63. The van der Waals surface area contributed by atoms with Gasteiger partial charge in [-0.25, -0.2) is 4.98 Å². The summed E-state index contributed by atoms with van der Waals surface area (Å²) < 4.78 is 6.69. The Balaban J connectivity index is 1.29. The van der Waals surface area contributed by atoms with Crippen molar-refractivity contribution in [1.29, 1.82) is 0 Å². The van der Waals surface area contributed by atoms with Gasteiger partial charge in [-0.15, -0.1) is 0 Å². The summed E-state index contributed by atoms with van der Waals surface area (Å²) in [5.74, 6) is -0.442. The third-order valence-electron chi connectivity index (χ3n) is 6.16. The van der Waals surface area contributed by atoms with E-state index in [-0.39, 0.29) is 40.8 Å². The van der Waals surface area contributed by atoms with Crippen molar-refractivity contribution >= 4 is 45.4 Å². The number of benzene rings is 2. The predicted octanol–water partition coefficient (Wildman–Crippen LogP) is 2.97. The smallest absolute Gasteiger partial charge is 0.281 e. The van der Waals surface area contributed by atoms with Gasteiger partial charge in [0, 0.05) is 36.7 Å². The first-order chi connectivity index (χ1) is 17.6. The van der Waals surface area contributed by atoms with Gasteiger partial charge in [-0.3, -0.25) is 19.8 Å². The zero-order chi connectivity index (χ0) is 24.9. The van der Waals surface area contributed by atoms with Gasteiger partial charge in [-0.1, -0.05) is 42.1 Å². The number of hydrogen-bond acceptors (Lipinski definition) is 6. The standard InChI is InChI=1S/C26H27N5O4S/c32-23(12-11-17-14-27-21-9-3-1-7-19(17)21)30-31-25(34)20-8-2-4-10-22(20)29-26(31)36-16-24(33)28-15-18-6-5-13-35-18/h1-4,7-10,14,18,27H,5-6,11-13,15-16H2,(H,28,33)(H,30,32). The van der Waals surface area contributed by atoms with Crippen LogP contribution in [0.1, 0.15) is 24.8 Å². The number of hydrogen-bond donors (Lipinski definition) is 3. The lowest BCUT2D eigenvalue weighted by Gasteiger charge is -2.14. The van der Waals surface area contributed by atoms with Crippen LogP contribution in [-0.4, -0.2) is 51.5 Å². The number of para-hydroxylation sites is 2. The van der Waals surface area contributed by atoms with E-state index in [9.17, 15) is 14.4 Å². The number of H-pyrrole nitrogens is 1. The largest absolute Gasteiger partial charge is 0.376 e. The van der Waals surface area contributed by atoms with Crippen LogP contribution in [0.25, 0.3) is 21.8 Å². The van der Waals surface area contributed by atoms with Gasteiger partial charge in [0.1, 0.15) is 0 Å². The minimum absolute atomic E-state index is 0.0485. The number of fused-ring (bicyclic) bond motifs is 2. The number of carbonyl (C=O) groups is 2. The number of thioether (sulfide) groups is 1. The van der Waals surface area contributed by atoms with E-state index >= 15 is 0 Å². The molecule has 36 heavy (non-hydrogen) atoms. The first kappa shape index (κ1) is 24.1. The Labute approximate surface area is 211 Å². The molecule has 0 saturated carbocycles. The molecule has 1 atom stereocenters. The molecule has 1 aliphatic rings. The number of rotatable bonds is 9. The number of nitrogens with one attached hydrogen (secondary N) is 3. The monoisotopic (exact) mass is 505 g/mol. The molecule has 9 nitrogen and oxygen atoms in total. The average Bonchev–Trinajstić information content (AvgIpc) is 3.57. The highest BCUT2D eigenvalue weighted by Gasteiger charge is 2.18. The minimum atomic E-state index is -0.386. The third kappa shape index (κ3) is 5.44. The number of aromatic amines is 1. The van der Waals surface area contributed by atoms with E-state index in [1.807, 2.05) is 30.5 Å². The maximum Gasteiger partial charge on any atom is 0.281 e. The van der Waals surface area contributed by atoms with Crippen molar-refractivity contribution < 1.29 is 14.3 Å². The Morgan fingerprint density at radius 3 is 2.75 bits per heavy atom. The molecular weight excluding hydrogens is 478 g/mol. The zero-order valence-corrected chi connectivity index (χ0v) is 20.5. The van der Waals surface area contributed by atoms with Crippen molar-refractivity contribution in [1.82, 2.24) is 20.0 Å². The summed E-state index contributed by atoms with van der Waals surface area (Å²) in [5, 5.41) is 4.58. The van der Waals surface area contributed by atoms with Crippen LogP contribution in [0.5, 0.6) is 0 Å². The predicted molar refractivity (Wildman–Crippen MR) is 140 cm³/mol. The normalized spacial score (nSPS) is 15.4. The van der Waals surface area contributed by atoms with Crippen molar-refractivity contribution in [2.24, 2.45) is 0 Å². The lowest BCUT2D eigenvalue weighted by atomic mass is 10.1. The molecule has 2 aromatic heterocycles. The van der Waals surface area contributed by atoms with Gasteiger partial charge in [-0.05, 0) is 43.0 Å². The van der Waals surface area contributed by atoms with E-state index in [0.717, 1.165) is 52.4 Å². The molecule has 1 unspecified atom stereocenters. The molecule has 1 aliphatic heterocycles. The van der Waals surface area contributed by atoms with Gasteiger partial charge in [0.2, 0.25) is 11.8 Å². The molecule has 10 heteroatoms. The Bertz CT molecular complexity index is 1460. The van der Waals surface area contributed by atoms with Gasteiger partial charge in [0.25, 0.3) is 5.56 Å². The fraction of sp³-hybridized carbons (Fsp3) is 0.308. The number of aromatic nitrogens is 3. The fourth-order valence-electron chi connectivity index (χ4n) is 4.29. The summed E-state index contributed by atoms with van der Waals surface area (Å²) in [6, 6.07) is 14.9. The van der Waals surface area contributed by atoms with Crippen LogP contribution in [-0.2, 0) is 20.7 Å². The summed E-state index contributed by atoms with van der Waals surface area (Å²) in [6.07, 6.45) is 4.59. The Morgan fingerprint density at radius 2 is 1.92 bits per heavy atom. The molecule has 2 aromatic carbocycles. The molecule has 0 spiro atoms. The fourth-order valence-corrected chi connectivity index (χ4v) is 5.07. The molecule has 1 saturated heterocycles. The zero-order valence-electron chi connectivity index (χ0n) is 19.7. The van der Waals surface area contributed by atoms with E-state index in [0.29, 0.717) is 23.9 Å². The van der Waals surface area contributed by atoms with Crippen LogP contribution in [0.2, 0.25) is 0 Å². The van der Waals surface area contributed by atoms with E-state index in [1.165, 1.54) is 0 Å². The highest BCUT2D eigenvalue weighted by molar-refractivity contribution is 7.99. The van der Waals surface area contributed by atoms with Crippen molar-refractivity contribution in [3.63, 3.8) is 0 Å². The average molecular weight is 506 g/mol. The van der Waals surface area contributed by atoms with Crippen LogP contribution in [0.4, 0.5) is 0 Å². The number of aryl methyl sites for hydroxylation is 1.